The van der Waals surface area contributed by atoms with Crippen molar-refractivity contribution in [2.75, 3.05) is 0 Å². The molecule has 1 aromatic heterocycles. The molecule has 0 aliphatic carbocycles. The third kappa shape index (κ3) is 1.48. The topological polar surface area (TPSA) is 70.2 Å². The molecule has 2 aromatic rings. The summed E-state index contributed by atoms with van der Waals surface area (Å²) >= 11 is 0. The van der Waals surface area contributed by atoms with Gasteiger partial charge in [-0.25, -0.2) is 4.79 Å². The molecule has 0 aliphatic heterocycles. The van der Waals surface area contributed by atoms with Crippen LogP contribution < -0.4 is 0 Å². The predicted molar refractivity (Wildman–Crippen MR) is 60.0 cm³/mol. The summed E-state index contributed by atoms with van der Waals surface area (Å²) in [5.41, 5.74) is 2.35. The first-order valence-electron chi connectivity index (χ1n) is 4.87. The lowest BCUT2D eigenvalue weighted by atomic mass is 10.1. The van der Waals surface area contributed by atoms with E-state index in [1.807, 2.05) is 0 Å². The first-order chi connectivity index (χ1) is 7.50. The number of hydrogen-bond acceptors (Lipinski definition) is 2. The van der Waals surface area contributed by atoms with Gasteiger partial charge in [0, 0.05) is 17.8 Å². The van der Waals surface area contributed by atoms with Crippen molar-refractivity contribution in [1.82, 2.24) is 4.98 Å². The molecule has 0 aliphatic rings. The van der Waals surface area contributed by atoms with Crippen LogP contribution >= 0.6 is 0 Å². The van der Waals surface area contributed by atoms with Crippen LogP contribution in [0.1, 0.15) is 33.3 Å². The number of aromatic nitrogens is 1. The van der Waals surface area contributed by atoms with Crippen LogP contribution in [0.5, 0.6) is 0 Å². The molecule has 0 saturated heterocycles. The number of carboxylic acids is 1. The third-order valence-corrected chi connectivity index (χ3v) is 2.66. The van der Waals surface area contributed by atoms with Crippen molar-refractivity contribution in [3.8, 4) is 0 Å². The lowest BCUT2D eigenvalue weighted by molar-refractivity contribution is 0.0697. The molecule has 2 rings (SSSR count). The van der Waals surface area contributed by atoms with Gasteiger partial charge in [0.15, 0.2) is 5.78 Å². The fourth-order valence-corrected chi connectivity index (χ4v) is 1.81. The lowest BCUT2D eigenvalue weighted by Crippen LogP contribution is -1.95. The molecule has 1 heterocycles. The third-order valence-electron chi connectivity index (χ3n) is 2.66. The highest BCUT2D eigenvalue weighted by Crippen LogP contribution is 2.23. The van der Waals surface area contributed by atoms with E-state index in [1.54, 1.807) is 19.1 Å². The van der Waals surface area contributed by atoms with Crippen LogP contribution in [0.4, 0.5) is 0 Å². The number of benzene rings is 1. The number of H-pyrrole nitrogens is 1. The number of aromatic carboxylic acids is 1. The average Bonchev–Trinajstić information content (AvgIpc) is 2.56. The summed E-state index contributed by atoms with van der Waals surface area (Å²) in [4.78, 5) is 25.1. The minimum Gasteiger partial charge on any atom is -0.478 e. The highest BCUT2D eigenvalue weighted by atomic mass is 16.4. The van der Waals surface area contributed by atoms with Crippen LogP contribution in [0.3, 0.4) is 0 Å². The van der Waals surface area contributed by atoms with E-state index in [0.29, 0.717) is 5.69 Å². The summed E-state index contributed by atoms with van der Waals surface area (Å²) in [6, 6.07) is 4.78. The van der Waals surface area contributed by atoms with Crippen LogP contribution in [-0.2, 0) is 0 Å². The molecular weight excluding hydrogens is 206 g/mol. The maximum Gasteiger partial charge on any atom is 0.335 e. The summed E-state index contributed by atoms with van der Waals surface area (Å²) < 4.78 is 0. The minimum atomic E-state index is -0.966. The maximum atomic E-state index is 11.3. The van der Waals surface area contributed by atoms with Gasteiger partial charge in [0.05, 0.1) is 11.3 Å². The van der Waals surface area contributed by atoms with E-state index in [9.17, 15) is 9.59 Å². The number of hydrogen-bond donors (Lipinski definition) is 2. The quantitative estimate of drug-likeness (QED) is 0.758. The largest absolute Gasteiger partial charge is 0.478 e. The normalized spacial score (nSPS) is 10.6. The van der Waals surface area contributed by atoms with Gasteiger partial charge < -0.3 is 10.1 Å². The monoisotopic (exact) mass is 217 g/mol. The number of aromatic amines is 1. The van der Waals surface area contributed by atoms with Crippen LogP contribution in [0.15, 0.2) is 18.2 Å². The van der Waals surface area contributed by atoms with Gasteiger partial charge in [-0.15, -0.1) is 0 Å². The summed E-state index contributed by atoms with van der Waals surface area (Å²) in [6.45, 7) is 3.29. The van der Waals surface area contributed by atoms with Gasteiger partial charge in [-0.05, 0) is 30.7 Å². The second-order valence-electron chi connectivity index (χ2n) is 3.75. The molecule has 1 aromatic carbocycles. The van der Waals surface area contributed by atoms with Gasteiger partial charge in [0.1, 0.15) is 0 Å². The van der Waals surface area contributed by atoms with Crippen LogP contribution in [0.2, 0.25) is 0 Å². The SMILES string of the molecule is CC(=O)c1[nH]c2ccc(C(=O)O)cc2c1C. The number of carboxylic acid groups (broad SMARTS) is 1. The Kier molecular flexibility index (Phi) is 2.27. The Labute approximate surface area is 91.9 Å². The summed E-state index contributed by atoms with van der Waals surface area (Å²) in [7, 11) is 0. The number of ketones is 1. The van der Waals surface area contributed by atoms with E-state index in [0.717, 1.165) is 16.5 Å². The summed E-state index contributed by atoms with van der Waals surface area (Å²) in [5, 5.41) is 9.66. The average molecular weight is 217 g/mol. The Bertz CT molecular complexity index is 596. The molecule has 0 bridgehead atoms. The molecule has 82 valence electrons. The van der Waals surface area contributed by atoms with Crippen LogP contribution in [0, 0.1) is 6.92 Å². The molecule has 0 atom stereocenters. The van der Waals surface area contributed by atoms with Crippen molar-refractivity contribution >= 4 is 22.7 Å². The predicted octanol–water partition coefficient (Wildman–Crippen LogP) is 2.38. The zero-order valence-electron chi connectivity index (χ0n) is 9.00. The van der Waals surface area contributed by atoms with Gasteiger partial charge >= 0.3 is 5.97 Å². The van der Waals surface area contributed by atoms with E-state index < -0.39 is 5.97 Å². The summed E-state index contributed by atoms with van der Waals surface area (Å²) in [5.74, 6) is -1.02. The second-order valence-corrected chi connectivity index (χ2v) is 3.75. The molecule has 0 amide bonds. The van der Waals surface area contributed by atoms with Crippen LogP contribution in [0.25, 0.3) is 10.9 Å². The Hall–Kier alpha value is -2.10. The van der Waals surface area contributed by atoms with E-state index in [1.165, 1.54) is 13.0 Å². The first-order valence-corrected chi connectivity index (χ1v) is 4.87. The van der Waals surface area contributed by atoms with E-state index in [-0.39, 0.29) is 11.3 Å². The zero-order valence-corrected chi connectivity index (χ0v) is 9.00. The maximum absolute atomic E-state index is 11.3. The molecule has 0 saturated carbocycles. The van der Waals surface area contributed by atoms with Gasteiger partial charge in [0.25, 0.3) is 0 Å². The smallest absolute Gasteiger partial charge is 0.335 e. The number of nitrogens with one attached hydrogen (secondary N) is 1. The first kappa shape index (κ1) is 10.4. The number of aryl methyl sites for hydroxylation is 1. The van der Waals surface area contributed by atoms with Crippen molar-refractivity contribution < 1.29 is 14.7 Å². The Morgan fingerprint density at radius 3 is 2.56 bits per heavy atom. The molecule has 4 heteroatoms. The van der Waals surface area contributed by atoms with Crippen molar-refractivity contribution in [3.63, 3.8) is 0 Å². The number of Topliss-reactive ketones (excluding diaryl/α,β-unsaturated/α-hetero) is 1. The van der Waals surface area contributed by atoms with Crippen molar-refractivity contribution in [3.05, 3.63) is 35.0 Å². The second kappa shape index (κ2) is 3.48. The van der Waals surface area contributed by atoms with E-state index in [4.69, 9.17) is 5.11 Å². The molecule has 0 fully saturated rings. The highest BCUT2D eigenvalue weighted by molar-refractivity contribution is 6.02. The molecule has 2 N–H and O–H groups in total. The molecule has 0 spiro atoms. The van der Waals surface area contributed by atoms with Gasteiger partial charge in [0.2, 0.25) is 0 Å². The van der Waals surface area contributed by atoms with Gasteiger partial charge in [-0.2, -0.15) is 0 Å². The molecule has 4 nitrogen and oxygen atoms in total. The number of carbonyl (C=O) groups is 2. The molecule has 16 heavy (non-hydrogen) atoms. The van der Waals surface area contributed by atoms with Crippen LogP contribution in [-0.4, -0.2) is 21.8 Å². The van der Waals surface area contributed by atoms with Crippen molar-refractivity contribution in [2.24, 2.45) is 0 Å². The number of fused-ring (bicyclic) bond motifs is 1. The van der Waals surface area contributed by atoms with Gasteiger partial charge in [-0.3, -0.25) is 4.79 Å². The standard InChI is InChI=1S/C12H11NO3/c1-6-9-5-8(12(15)16)3-4-10(9)13-11(6)7(2)14/h3-5,13H,1-2H3,(H,15,16). The minimum absolute atomic E-state index is 0.0504. The fraction of sp³-hybridized carbons (Fsp3) is 0.167. The van der Waals surface area contributed by atoms with Crippen molar-refractivity contribution in [2.45, 2.75) is 13.8 Å². The fourth-order valence-electron chi connectivity index (χ4n) is 1.81. The number of rotatable bonds is 2. The summed E-state index contributed by atoms with van der Waals surface area (Å²) in [6.07, 6.45) is 0. The Morgan fingerprint density at radius 1 is 1.31 bits per heavy atom. The Balaban J connectivity index is 2.73. The van der Waals surface area contributed by atoms with Crippen molar-refractivity contribution in [1.29, 1.82) is 0 Å². The zero-order chi connectivity index (χ0) is 11.9. The van der Waals surface area contributed by atoms with E-state index >= 15 is 0 Å². The number of carbonyl (C=O) groups excluding carboxylic acids is 1. The van der Waals surface area contributed by atoms with Gasteiger partial charge in [-0.1, -0.05) is 0 Å². The Morgan fingerprint density at radius 2 is 2.00 bits per heavy atom. The molecular formula is C12H11NO3. The van der Waals surface area contributed by atoms with E-state index in [2.05, 4.69) is 4.98 Å². The molecule has 0 unspecified atom stereocenters. The molecule has 0 radical (unpaired) electrons. The highest BCUT2D eigenvalue weighted by Gasteiger charge is 2.12. The lowest BCUT2D eigenvalue weighted by Gasteiger charge is -1.95.